The Hall–Kier alpha value is -9.32. The van der Waals surface area contributed by atoms with E-state index in [9.17, 15) is 86.9 Å². The van der Waals surface area contributed by atoms with E-state index in [1.54, 1.807) is 86.2 Å². The molecule has 7 rings (SSSR count). The second-order valence-corrected chi connectivity index (χ2v) is 44.2. The number of nitrogens with zero attached hydrogens (tertiary/aromatic N) is 8. The second kappa shape index (κ2) is 61.7. The van der Waals surface area contributed by atoms with Gasteiger partial charge in [0.1, 0.15) is 24.2 Å². The second-order valence-electron chi connectivity index (χ2n) is 42.1. The van der Waals surface area contributed by atoms with Crippen LogP contribution in [-0.4, -0.2) is 316 Å². The molecule has 0 spiro atoms. The Labute approximate surface area is 876 Å². The minimum atomic E-state index is -1.16. The predicted octanol–water partition coefficient (Wildman–Crippen LogP) is 14.4. The van der Waals surface area contributed by atoms with Crippen molar-refractivity contribution in [1.82, 2.24) is 44.5 Å². The van der Waals surface area contributed by atoms with Crippen molar-refractivity contribution in [3.63, 3.8) is 0 Å². The molecule has 0 aromatic heterocycles. The number of aliphatic carboxylic acids is 1. The lowest BCUT2D eigenvalue weighted by Gasteiger charge is -2.41. The number of thioether (sulfide) groups is 2. The number of likely N-dealkylation sites (N-methyl/N-ethyl adjacent to an activating group) is 4. The molecule has 3 aromatic rings. The molecule has 816 valence electrons. The van der Waals surface area contributed by atoms with Gasteiger partial charge in [-0.15, -0.1) is 0 Å². The zero-order valence-corrected chi connectivity index (χ0v) is 93.3. The van der Waals surface area contributed by atoms with Gasteiger partial charge in [0, 0.05) is 158 Å². The standard InChI is InChI=1S/C61H92N4O12S.C51H81N5O11S/c1-14-40(6)56(51(75-11)35-53(69)64-31-21-25-48(64)58(76-12)42(8)49(67)32-41(7)57(71)45-22-17-15-18-23-45)62(9)59(72)47(38(2)3)34-50(68)55(39(4)5)63(10)61(74)77-37-44-28-26-43(27-29-44)33-46(66)24-19-16-20-30-65-54(70)36-52(78-13)60(65)73;1-13-33(6)46(40(66-10)29-43(59)55-26-20-23-38(55)47(67-11)34(7)48(61)52-37(51(64)65)27-35-21-16-14-17-22-35)54(9)49(62)36(31(2)3)28-39(57)45(32(4)5)53(8)42(58)24-18-15-19-25-56-44(60)30-41(68-12)50(56)63/h15,17-18,22-23,26-29,38-42,47-48,51-52,55-58,71H,14,16,19-21,24-25,30-37H2,1-13H3;14,16-17,21-22,31-34,36-38,40-41,45-47H,13,15,18-20,23-30H2,1-12H3,(H,52,61)(H,64,65)/t40-,41-,42-,47-,48-,51+,52?,55-,56-,57+,58+;33-,34+,36-,37-,38-,40+,41?,45-,46-,47+/m00/s1. The lowest BCUT2D eigenvalue weighted by molar-refractivity contribution is -0.150. The van der Waals surface area contributed by atoms with Crippen LogP contribution in [0.25, 0.3) is 0 Å². The van der Waals surface area contributed by atoms with Crippen molar-refractivity contribution in [1.29, 1.82) is 0 Å². The highest BCUT2D eigenvalue weighted by atomic mass is 32.2. The predicted molar refractivity (Wildman–Crippen MR) is 565 cm³/mol. The third-order valence-electron chi connectivity index (χ3n) is 30.6. The Balaban J connectivity index is 0.000000451. The Morgan fingerprint density at radius 1 is 0.473 bits per heavy atom. The molecule has 0 saturated carbocycles. The van der Waals surface area contributed by atoms with E-state index < -0.39 is 108 Å². The molecule has 0 bridgehead atoms. The maximum atomic E-state index is 14.8. The molecule has 4 fully saturated rings. The molecule has 2 unspecified atom stereocenters. The number of aliphatic hydroxyl groups is 1. The number of unbranched alkanes of at least 4 members (excludes halogenated alkanes) is 4. The van der Waals surface area contributed by atoms with Crippen LogP contribution in [0.4, 0.5) is 4.79 Å². The summed E-state index contributed by atoms with van der Waals surface area (Å²) in [5.41, 5.74) is 3.05. The van der Waals surface area contributed by atoms with E-state index in [0.717, 1.165) is 29.5 Å². The monoisotopic (exact) mass is 2080 g/mol. The van der Waals surface area contributed by atoms with Crippen LogP contribution in [0.2, 0.25) is 0 Å². The molecule has 3 aromatic carbocycles. The number of ether oxygens (including phenoxy) is 5. The summed E-state index contributed by atoms with van der Waals surface area (Å²) in [4.78, 5) is 228. The van der Waals surface area contributed by atoms with Crippen LogP contribution in [0.15, 0.2) is 84.9 Å². The van der Waals surface area contributed by atoms with Crippen molar-refractivity contribution >= 4 is 118 Å². The van der Waals surface area contributed by atoms with E-state index in [0.29, 0.717) is 102 Å². The summed E-state index contributed by atoms with van der Waals surface area (Å²) in [7, 11) is 12.7. The fourth-order valence-corrected chi connectivity index (χ4v) is 22.8. The van der Waals surface area contributed by atoms with Crippen LogP contribution in [0, 0.1) is 65.1 Å². The number of amides is 11. The number of methoxy groups -OCH3 is 4. The number of likely N-dealkylation sites (tertiary alicyclic amines) is 4. The van der Waals surface area contributed by atoms with Crippen molar-refractivity contribution in [3.05, 3.63) is 107 Å². The molecule has 34 heteroatoms. The fourth-order valence-electron chi connectivity index (χ4n) is 21.5. The van der Waals surface area contributed by atoms with Gasteiger partial charge in [0.15, 0.2) is 11.6 Å². The van der Waals surface area contributed by atoms with Crippen LogP contribution in [0.5, 0.6) is 0 Å². The van der Waals surface area contributed by atoms with Gasteiger partial charge in [0.05, 0.1) is 96.0 Å². The van der Waals surface area contributed by atoms with Crippen molar-refractivity contribution in [2.45, 2.75) is 341 Å². The number of ketones is 4. The van der Waals surface area contributed by atoms with Crippen LogP contribution < -0.4 is 5.32 Å². The van der Waals surface area contributed by atoms with Crippen LogP contribution >= 0.6 is 23.5 Å². The Bertz CT molecular complexity index is 4740. The van der Waals surface area contributed by atoms with E-state index in [1.165, 1.54) is 64.4 Å². The molecular formula is C112H173N9O23S2. The van der Waals surface area contributed by atoms with Crippen LogP contribution in [0.3, 0.4) is 0 Å². The first-order valence-corrected chi connectivity index (χ1v) is 55.3. The minimum absolute atomic E-state index is 0.0210. The molecular weight excluding hydrogens is 1900 g/mol. The van der Waals surface area contributed by atoms with Crippen molar-refractivity contribution in [2.75, 3.05) is 95.3 Å². The number of benzene rings is 3. The molecule has 4 saturated heterocycles. The summed E-state index contributed by atoms with van der Waals surface area (Å²) in [5, 5.41) is 23.0. The van der Waals surface area contributed by atoms with E-state index in [1.807, 2.05) is 170 Å². The first-order chi connectivity index (χ1) is 69.1. The van der Waals surface area contributed by atoms with Gasteiger partial charge in [-0.1, -0.05) is 214 Å². The highest BCUT2D eigenvalue weighted by Crippen LogP contribution is 2.38. The topological polar surface area (TPSA) is 398 Å². The number of aliphatic hydroxyl groups excluding tert-OH is 1. The maximum Gasteiger partial charge on any atom is 0.410 e. The van der Waals surface area contributed by atoms with Crippen LogP contribution in [0.1, 0.15) is 267 Å². The van der Waals surface area contributed by atoms with Gasteiger partial charge in [0.2, 0.25) is 59.1 Å². The summed E-state index contributed by atoms with van der Waals surface area (Å²) < 4.78 is 29.8. The lowest BCUT2D eigenvalue weighted by atomic mass is 9.83. The molecule has 0 aliphatic carbocycles. The number of carbonyl (C=O) groups is 16. The number of hydrogen-bond donors (Lipinski definition) is 3. The quantitative estimate of drug-likeness (QED) is 0.0349. The molecule has 3 N–H and O–H groups in total. The van der Waals surface area contributed by atoms with Crippen molar-refractivity contribution < 1.29 is 111 Å². The van der Waals surface area contributed by atoms with Crippen LogP contribution in [-0.2, 0) is 115 Å². The summed E-state index contributed by atoms with van der Waals surface area (Å²) in [6.45, 7) is 30.0. The van der Waals surface area contributed by atoms with Gasteiger partial charge < -0.3 is 68.6 Å². The Morgan fingerprint density at radius 3 is 1.30 bits per heavy atom. The highest BCUT2D eigenvalue weighted by molar-refractivity contribution is 8.00. The largest absolute Gasteiger partial charge is 0.480 e. The van der Waals surface area contributed by atoms with E-state index in [-0.39, 0.29) is 205 Å². The van der Waals surface area contributed by atoms with Gasteiger partial charge in [0.25, 0.3) is 0 Å². The zero-order valence-electron chi connectivity index (χ0n) is 91.7. The summed E-state index contributed by atoms with van der Waals surface area (Å²) in [5.74, 6) is -8.12. The van der Waals surface area contributed by atoms with Crippen molar-refractivity contribution in [3.8, 4) is 0 Å². The molecule has 11 amide bonds. The molecule has 0 radical (unpaired) electrons. The smallest absolute Gasteiger partial charge is 0.410 e. The SMILES string of the molecule is CC[C@H](C)[C@@H]([C@@H](CC(=O)N1CCC[C@H]1[C@H](OC)[C@@H](C)C(=O)C[C@H](C)[C@@H](O)c1ccccc1)OC)N(C)C(=O)[C@@H](CC(=O)[C@H](C(C)C)N(C)C(=O)OCc1ccc(CC(=O)CCCCCN2C(=O)CC(SC)C2=O)cc1)C(C)C.CC[C@H](C)[C@@H]([C@@H](CC(=O)N1CCC[C@H]1[C@H](OC)[C@@H](C)C(=O)N[C@@H](Cc1ccccc1)C(=O)O)OC)N(C)C(=O)[C@@H](CC(=O)[C@H](C(C)C)N(C)C(=O)CCCCCN1C(=O)CC(SC)C1=O)C(C)C. The summed E-state index contributed by atoms with van der Waals surface area (Å²) >= 11 is 2.77. The van der Waals surface area contributed by atoms with E-state index in [2.05, 4.69) is 5.32 Å². The average molecular weight is 2080 g/mol. The number of carbonyl (C=O) groups excluding carboxylic acids is 15. The van der Waals surface area contributed by atoms with Gasteiger partial charge in [-0.05, 0) is 128 Å². The number of Topliss-reactive ketones (excluding diaryl/α,β-unsaturated/α-hetero) is 4. The molecule has 32 nitrogen and oxygen atoms in total. The highest BCUT2D eigenvalue weighted by Gasteiger charge is 2.49. The fraction of sp³-hybridized carbons (Fsp3) is 0.696. The number of nitrogens with one attached hydrogen (secondary N) is 1. The Morgan fingerprint density at radius 2 is 0.897 bits per heavy atom. The normalized spacial score (nSPS) is 19.5. The lowest BCUT2D eigenvalue weighted by Crippen LogP contribution is -2.55. The zero-order chi connectivity index (χ0) is 109. The number of imide groups is 2. The molecule has 4 aliphatic rings. The number of carboxylic acids is 1. The summed E-state index contributed by atoms with van der Waals surface area (Å²) in [6, 6.07) is 20.9. The van der Waals surface area contributed by atoms with Gasteiger partial charge in [-0.2, -0.15) is 23.5 Å². The number of rotatable bonds is 62. The first kappa shape index (κ1) is 125. The molecule has 146 heavy (non-hydrogen) atoms. The third kappa shape index (κ3) is 35.1. The molecule has 4 aliphatic heterocycles. The minimum Gasteiger partial charge on any atom is -0.480 e. The van der Waals surface area contributed by atoms with E-state index >= 15 is 0 Å². The average Bonchev–Trinajstić information content (AvgIpc) is 1.37. The van der Waals surface area contributed by atoms with Gasteiger partial charge in [-0.25, -0.2) is 9.59 Å². The van der Waals surface area contributed by atoms with Crippen molar-refractivity contribution in [2.24, 2.45) is 65.1 Å². The number of carboxylic acid groups (broad SMARTS) is 1. The third-order valence-corrected chi connectivity index (χ3v) is 32.5. The summed E-state index contributed by atoms with van der Waals surface area (Å²) in [6.07, 6.45) is 8.54. The molecule has 21 atom stereocenters. The van der Waals surface area contributed by atoms with Gasteiger partial charge in [-0.3, -0.25) is 76.9 Å². The molecule has 4 heterocycles. The van der Waals surface area contributed by atoms with Gasteiger partial charge >= 0.3 is 12.1 Å². The van der Waals surface area contributed by atoms with E-state index in [4.69, 9.17) is 23.7 Å². The first-order valence-electron chi connectivity index (χ1n) is 52.8. The number of hydrogen-bond acceptors (Lipinski definition) is 24. The Kier molecular flexibility index (Phi) is 53.0. The maximum absolute atomic E-state index is 14.8.